The maximum absolute atomic E-state index is 10.2. The smallest absolute Gasteiger partial charge is 0.0881 e. The molecule has 3 aromatic carbocycles. The van der Waals surface area contributed by atoms with E-state index < -0.39 is 0 Å². The van der Waals surface area contributed by atoms with Crippen molar-refractivity contribution < 1.29 is 5.11 Å². The number of nitrogens with zero attached hydrogens (tertiary/aromatic N) is 2. The molecule has 0 radical (unpaired) electrons. The van der Waals surface area contributed by atoms with Crippen LogP contribution in [0.2, 0.25) is 0 Å². The predicted molar refractivity (Wildman–Crippen MR) is 107 cm³/mol. The summed E-state index contributed by atoms with van der Waals surface area (Å²) in [6.07, 6.45) is 0. The van der Waals surface area contributed by atoms with E-state index in [4.69, 9.17) is 5.10 Å². The van der Waals surface area contributed by atoms with Crippen molar-refractivity contribution in [2.24, 2.45) is 5.10 Å². The summed E-state index contributed by atoms with van der Waals surface area (Å²) in [5.41, 5.74) is 5.48. The zero-order valence-electron chi connectivity index (χ0n) is 14.8. The van der Waals surface area contributed by atoms with Gasteiger partial charge in [0, 0.05) is 0 Å². The van der Waals surface area contributed by atoms with Gasteiger partial charge in [-0.25, -0.2) is 0 Å². The van der Waals surface area contributed by atoms with Gasteiger partial charge in [0.05, 0.1) is 30.0 Å². The number of aryl methyl sites for hydroxylation is 1. The highest BCUT2D eigenvalue weighted by Crippen LogP contribution is 2.37. The number of rotatable bonds is 4. The lowest BCUT2D eigenvalue weighted by Gasteiger charge is -2.26. The molecule has 4 rings (SSSR count). The maximum atomic E-state index is 10.2. The summed E-state index contributed by atoms with van der Waals surface area (Å²) in [5, 5.41) is 17.2. The van der Waals surface area contributed by atoms with Gasteiger partial charge < -0.3 is 5.11 Å². The second-order valence-corrected chi connectivity index (χ2v) is 6.67. The average molecular weight is 342 g/mol. The van der Waals surface area contributed by atoms with E-state index in [0.717, 1.165) is 17.0 Å². The number of hydrogen-bond donors (Lipinski definition) is 1. The molecule has 3 nitrogen and oxygen atoms in total. The van der Waals surface area contributed by atoms with Crippen LogP contribution in [0.1, 0.15) is 22.6 Å². The van der Waals surface area contributed by atoms with E-state index in [1.165, 1.54) is 11.1 Å². The van der Waals surface area contributed by atoms with E-state index in [0.29, 0.717) is 0 Å². The van der Waals surface area contributed by atoms with Crippen LogP contribution in [0.5, 0.6) is 0 Å². The predicted octanol–water partition coefficient (Wildman–Crippen LogP) is 4.36. The second-order valence-electron chi connectivity index (χ2n) is 6.67. The SMILES string of the molecule is Cc1cccc(C2=NN(c3ccccc3)[C@H](CO)[C@H]2c2ccccc2)c1. The maximum Gasteiger partial charge on any atom is 0.0881 e. The van der Waals surface area contributed by atoms with Gasteiger partial charge >= 0.3 is 0 Å². The molecule has 1 N–H and O–H groups in total. The van der Waals surface area contributed by atoms with Crippen LogP contribution in [0.3, 0.4) is 0 Å². The van der Waals surface area contributed by atoms with Gasteiger partial charge in [0.25, 0.3) is 0 Å². The van der Waals surface area contributed by atoms with Crippen molar-refractivity contribution in [1.82, 2.24) is 0 Å². The zero-order valence-corrected chi connectivity index (χ0v) is 14.8. The van der Waals surface area contributed by atoms with Crippen molar-refractivity contribution in [1.29, 1.82) is 0 Å². The summed E-state index contributed by atoms with van der Waals surface area (Å²) in [6.45, 7) is 2.13. The highest BCUT2D eigenvalue weighted by atomic mass is 16.3. The molecule has 0 fully saturated rings. The van der Waals surface area contributed by atoms with Crippen LogP contribution in [0.25, 0.3) is 0 Å². The van der Waals surface area contributed by atoms with Crippen LogP contribution in [0, 0.1) is 6.92 Å². The van der Waals surface area contributed by atoms with E-state index in [1.807, 2.05) is 53.5 Å². The van der Waals surface area contributed by atoms with Crippen LogP contribution in [-0.2, 0) is 0 Å². The number of hydrogen-bond acceptors (Lipinski definition) is 3. The Kier molecular flexibility index (Phi) is 4.55. The molecule has 0 amide bonds. The molecule has 0 saturated carbocycles. The molecule has 3 aromatic rings. The van der Waals surface area contributed by atoms with Crippen LogP contribution < -0.4 is 5.01 Å². The third kappa shape index (κ3) is 3.02. The molecule has 0 unspecified atom stereocenters. The molecule has 0 saturated heterocycles. The molecule has 130 valence electrons. The Morgan fingerprint density at radius 3 is 2.23 bits per heavy atom. The minimum atomic E-state index is -0.129. The van der Waals surface area contributed by atoms with Gasteiger partial charge in [0.2, 0.25) is 0 Å². The minimum Gasteiger partial charge on any atom is -0.394 e. The van der Waals surface area contributed by atoms with Crippen molar-refractivity contribution in [2.45, 2.75) is 18.9 Å². The van der Waals surface area contributed by atoms with Crippen molar-refractivity contribution in [3.63, 3.8) is 0 Å². The summed E-state index contributed by atoms with van der Waals surface area (Å²) in [7, 11) is 0. The summed E-state index contributed by atoms with van der Waals surface area (Å²) in [4.78, 5) is 0. The molecule has 1 aliphatic rings. The number of aliphatic hydroxyl groups excluding tert-OH is 1. The zero-order chi connectivity index (χ0) is 17.9. The number of benzene rings is 3. The highest BCUT2D eigenvalue weighted by molar-refractivity contribution is 6.08. The van der Waals surface area contributed by atoms with Gasteiger partial charge in [0.15, 0.2) is 0 Å². The summed E-state index contributed by atoms with van der Waals surface area (Å²) >= 11 is 0. The normalized spacial score (nSPS) is 19.5. The van der Waals surface area contributed by atoms with E-state index >= 15 is 0 Å². The van der Waals surface area contributed by atoms with E-state index in [1.54, 1.807) is 0 Å². The molecular formula is C23H22N2O. The Balaban J connectivity index is 1.85. The highest BCUT2D eigenvalue weighted by Gasteiger charge is 2.39. The molecule has 26 heavy (non-hydrogen) atoms. The molecule has 1 heterocycles. The standard InChI is InChI=1S/C23H22N2O/c1-17-9-8-12-19(15-17)23-22(18-10-4-2-5-11-18)21(16-26)25(24-23)20-13-6-3-7-14-20/h2-15,21-22,26H,16H2,1H3/t21-,22-/m1/s1. The van der Waals surface area contributed by atoms with Gasteiger partial charge in [-0.15, -0.1) is 0 Å². The third-order valence-corrected chi connectivity index (χ3v) is 4.89. The monoisotopic (exact) mass is 342 g/mol. The van der Waals surface area contributed by atoms with Crippen LogP contribution in [-0.4, -0.2) is 23.5 Å². The summed E-state index contributed by atoms with van der Waals surface area (Å²) < 4.78 is 0. The largest absolute Gasteiger partial charge is 0.394 e. The Morgan fingerprint density at radius 1 is 0.885 bits per heavy atom. The van der Waals surface area contributed by atoms with Crippen molar-refractivity contribution in [2.75, 3.05) is 11.6 Å². The first-order valence-corrected chi connectivity index (χ1v) is 8.93. The van der Waals surface area contributed by atoms with Crippen molar-refractivity contribution in [3.05, 3.63) is 102 Å². The molecule has 3 heteroatoms. The molecule has 2 atom stereocenters. The average Bonchev–Trinajstić information content (AvgIpc) is 3.09. The molecule has 0 bridgehead atoms. The summed E-state index contributed by atoms with van der Waals surface area (Å²) in [6, 6.07) is 28.7. The fourth-order valence-corrected chi connectivity index (χ4v) is 3.67. The lowest BCUT2D eigenvalue weighted by Crippen LogP contribution is -2.35. The van der Waals surface area contributed by atoms with Gasteiger partial charge in [-0.3, -0.25) is 5.01 Å². The number of para-hydroxylation sites is 1. The fraction of sp³-hybridized carbons (Fsp3) is 0.174. The summed E-state index contributed by atoms with van der Waals surface area (Å²) in [5.74, 6) is 0.0169. The van der Waals surface area contributed by atoms with Gasteiger partial charge in [-0.05, 0) is 30.2 Å². The van der Waals surface area contributed by atoms with E-state index in [-0.39, 0.29) is 18.6 Å². The van der Waals surface area contributed by atoms with Gasteiger partial charge in [0.1, 0.15) is 0 Å². The number of hydrazone groups is 1. The Bertz CT molecular complexity index is 906. The third-order valence-electron chi connectivity index (χ3n) is 4.89. The van der Waals surface area contributed by atoms with Crippen molar-refractivity contribution in [3.8, 4) is 0 Å². The first-order chi connectivity index (χ1) is 12.8. The van der Waals surface area contributed by atoms with Crippen molar-refractivity contribution >= 4 is 11.4 Å². The Morgan fingerprint density at radius 2 is 1.58 bits per heavy atom. The topological polar surface area (TPSA) is 35.8 Å². The van der Waals surface area contributed by atoms with Gasteiger partial charge in [-0.1, -0.05) is 78.4 Å². The molecule has 1 aliphatic heterocycles. The Labute approximate surface area is 154 Å². The van der Waals surface area contributed by atoms with Crippen LogP contribution in [0.15, 0.2) is 90.0 Å². The molecule has 0 aliphatic carbocycles. The lowest BCUT2D eigenvalue weighted by atomic mass is 9.85. The molecule has 0 spiro atoms. The Hall–Kier alpha value is -2.91. The van der Waals surface area contributed by atoms with Gasteiger partial charge in [-0.2, -0.15) is 5.10 Å². The molecule has 0 aromatic heterocycles. The fourth-order valence-electron chi connectivity index (χ4n) is 3.67. The second kappa shape index (κ2) is 7.14. The first-order valence-electron chi connectivity index (χ1n) is 8.93. The minimum absolute atomic E-state index is 0.0169. The number of anilines is 1. The first kappa shape index (κ1) is 16.6. The quantitative estimate of drug-likeness (QED) is 0.764. The van der Waals surface area contributed by atoms with Crippen LogP contribution in [0.4, 0.5) is 5.69 Å². The molecular weight excluding hydrogens is 320 g/mol. The van der Waals surface area contributed by atoms with E-state index in [2.05, 4.69) is 43.3 Å². The van der Waals surface area contributed by atoms with Crippen LogP contribution >= 0.6 is 0 Å². The lowest BCUT2D eigenvalue weighted by molar-refractivity contribution is 0.259. The van der Waals surface area contributed by atoms with E-state index in [9.17, 15) is 5.11 Å². The number of aliphatic hydroxyl groups is 1.